The quantitative estimate of drug-likeness (QED) is 0.655. The Labute approximate surface area is 170 Å². The average molecular weight is 406 g/mol. The summed E-state index contributed by atoms with van der Waals surface area (Å²) in [6.07, 6.45) is 0. The van der Waals surface area contributed by atoms with Crippen molar-refractivity contribution in [1.82, 2.24) is 4.90 Å². The number of carbonyl (C=O) groups is 2. The Kier molecular flexibility index (Phi) is 3.86. The molecule has 6 nitrogen and oxygen atoms in total. The lowest BCUT2D eigenvalue weighted by molar-refractivity contribution is -0.121. The first kappa shape index (κ1) is 18.0. The van der Waals surface area contributed by atoms with Crippen LogP contribution in [0.4, 0.5) is 5.69 Å². The second kappa shape index (κ2) is 6.22. The van der Waals surface area contributed by atoms with Gasteiger partial charge in [0.15, 0.2) is 0 Å². The van der Waals surface area contributed by atoms with Crippen LogP contribution in [0, 0.1) is 0 Å². The van der Waals surface area contributed by atoms with Crippen LogP contribution in [-0.4, -0.2) is 27.5 Å². The number of anilines is 1. The summed E-state index contributed by atoms with van der Waals surface area (Å²) in [6, 6.07) is 15.0. The number of hydrogen-bond acceptors (Lipinski definition) is 5. The highest BCUT2D eigenvalue weighted by Gasteiger charge is 2.57. The first-order valence-electron chi connectivity index (χ1n) is 9.29. The van der Waals surface area contributed by atoms with Crippen LogP contribution in [0.15, 0.2) is 63.8 Å². The van der Waals surface area contributed by atoms with E-state index in [0.717, 1.165) is 5.56 Å². The molecule has 0 bridgehead atoms. The summed E-state index contributed by atoms with van der Waals surface area (Å²) < 4.78 is 4.69. The van der Waals surface area contributed by atoms with Gasteiger partial charge in [-0.15, -0.1) is 11.8 Å². The second-order valence-electron chi connectivity index (χ2n) is 7.77. The van der Waals surface area contributed by atoms with Crippen LogP contribution in [0.3, 0.4) is 0 Å². The highest BCUT2D eigenvalue weighted by atomic mass is 32.2. The zero-order valence-electron chi connectivity index (χ0n) is 15.8. The van der Waals surface area contributed by atoms with E-state index in [1.807, 2.05) is 38.1 Å². The topological polar surface area (TPSA) is 79.6 Å². The molecule has 7 heteroatoms. The molecule has 1 saturated heterocycles. The van der Waals surface area contributed by atoms with Gasteiger partial charge < -0.3 is 14.6 Å². The van der Waals surface area contributed by atoms with Crippen LogP contribution < -0.4 is 10.9 Å². The summed E-state index contributed by atoms with van der Waals surface area (Å²) in [7, 11) is 0. The molecule has 1 fully saturated rings. The van der Waals surface area contributed by atoms with Crippen molar-refractivity contribution in [3.63, 3.8) is 0 Å². The van der Waals surface area contributed by atoms with Crippen LogP contribution in [0.2, 0.25) is 0 Å². The molecule has 2 aliphatic heterocycles. The molecule has 2 amide bonds. The van der Waals surface area contributed by atoms with Gasteiger partial charge in [0, 0.05) is 27.5 Å². The summed E-state index contributed by atoms with van der Waals surface area (Å²) in [5.41, 5.74) is 2.25. The van der Waals surface area contributed by atoms with Crippen LogP contribution >= 0.6 is 11.8 Å². The first-order chi connectivity index (χ1) is 13.8. The van der Waals surface area contributed by atoms with Crippen molar-refractivity contribution in [1.29, 1.82) is 0 Å². The molecule has 3 heterocycles. The van der Waals surface area contributed by atoms with E-state index in [4.69, 9.17) is 4.42 Å². The molecule has 3 aromatic rings. The van der Waals surface area contributed by atoms with Gasteiger partial charge in [0.1, 0.15) is 17.0 Å². The van der Waals surface area contributed by atoms with Gasteiger partial charge in [0.05, 0.1) is 0 Å². The highest BCUT2D eigenvalue weighted by Crippen LogP contribution is 2.56. The van der Waals surface area contributed by atoms with Gasteiger partial charge in [-0.05, 0) is 49.7 Å². The average Bonchev–Trinajstić information content (AvgIpc) is 3.11. The van der Waals surface area contributed by atoms with E-state index in [1.54, 1.807) is 40.9 Å². The first-order valence-corrected chi connectivity index (χ1v) is 10.2. The number of thioether (sulfide) groups is 1. The minimum Gasteiger partial charge on any atom is -0.423 e. The van der Waals surface area contributed by atoms with E-state index in [1.165, 1.54) is 6.07 Å². The number of hydrogen-bond donors (Lipinski definition) is 1. The Bertz CT molecular complexity index is 1230. The van der Waals surface area contributed by atoms with Gasteiger partial charge in [-0.25, -0.2) is 4.79 Å². The molecule has 2 aliphatic rings. The summed E-state index contributed by atoms with van der Waals surface area (Å²) in [5, 5.41) is 3.50. The number of benzene rings is 2. The molecule has 146 valence electrons. The van der Waals surface area contributed by atoms with Gasteiger partial charge in [0.2, 0.25) is 5.91 Å². The largest absolute Gasteiger partial charge is 0.423 e. The maximum absolute atomic E-state index is 13.3. The van der Waals surface area contributed by atoms with Gasteiger partial charge in [-0.3, -0.25) is 9.59 Å². The van der Waals surface area contributed by atoms with Gasteiger partial charge in [-0.2, -0.15) is 0 Å². The fraction of sp³-hybridized carbons (Fsp3) is 0.227. The van der Waals surface area contributed by atoms with Gasteiger partial charge in [0.25, 0.3) is 5.91 Å². The monoisotopic (exact) mass is 406 g/mol. The molecule has 0 spiro atoms. The zero-order valence-corrected chi connectivity index (χ0v) is 16.7. The van der Waals surface area contributed by atoms with Crippen molar-refractivity contribution in [3.05, 3.63) is 76.1 Å². The summed E-state index contributed by atoms with van der Waals surface area (Å²) in [4.78, 5) is 39.3. The lowest BCUT2D eigenvalue weighted by Crippen LogP contribution is -2.50. The Balaban J connectivity index is 1.47. The van der Waals surface area contributed by atoms with Crippen molar-refractivity contribution in [2.24, 2.45) is 0 Å². The van der Waals surface area contributed by atoms with Crippen LogP contribution in [0.5, 0.6) is 0 Å². The number of nitrogens with one attached hydrogen (secondary N) is 1. The van der Waals surface area contributed by atoms with Gasteiger partial charge >= 0.3 is 5.63 Å². The predicted octanol–water partition coefficient (Wildman–Crippen LogP) is 3.78. The molecule has 1 aromatic heterocycles. The third kappa shape index (κ3) is 2.76. The highest BCUT2D eigenvalue weighted by molar-refractivity contribution is 8.01. The third-order valence-corrected chi connectivity index (χ3v) is 6.97. The molecule has 0 saturated carbocycles. The molecule has 0 radical (unpaired) electrons. The molecule has 1 unspecified atom stereocenters. The smallest absolute Gasteiger partial charge is 0.336 e. The lowest BCUT2D eigenvalue weighted by atomic mass is 10.0. The van der Waals surface area contributed by atoms with Crippen molar-refractivity contribution < 1.29 is 14.0 Å². The molecular formula is C22H18N2O4S. The van der Waals surface area contributed by atoms with Crippen molar-refractivity contribution >= 4 is 40.2 Å². The van der Waals surface area contributed by atoms with Crippen LogP contribution in [0.1, 0.15) is 35.1 Å². The van der Waals surface area contributed by atoms with Crippen molar-refractivity contribution in [2.75, 3.05) is 5.32 Å². The molecule has 2 atom stereocenters. The van der Waals surface area contributed by atoms with Crippen molar-refractivity contribution in [2.45, 2.75) is 30.0 Å². The molecule has 1 N–H and O–H groups in total. The van der Waals surface area contributed by atoms with Gasteiger partial charge in [-0.1, -0.05) is 18.2 Å². The fourth-order valence-electron chi connectivity index (χ4n) is 4.16. The Morgan fingerprint density at radius 3 is 2.72 bits per heavy atom. The molecule has 29 heavy (non-hydrogen) atoms. The van der Waals surface area contributed by atoms with E-state index in [2.05, 4.69) is 5.32 Å². The normalized spacial score (nSPS) is 21.9. The van der Waals surface area contributed by atoms with E-state index < -0.39 is 16.4 Å². The zero-order chi connectivity index (χ0) is 20.3. The Morgan fingerprint density at radius 2 is 1.90 bits per heavy atom. The number of carbonyl (C=O) groups excluding carboxylic acids is 2. The fourth-order valence-corrected chi connectivity index (χ4v) is 5.75. The summed E-state index contributed by atoms with van der Waals surface area (Å²) in [6.45, 7) is 3.98. The number of nitrogens with zero attached hydrogens (tertiary/aromatic N) is 1. The number of fused-ring (bicyclic) bond motifs is 4. The Hall–Kier alpha value is -3.06. The maximum atomic E-state index is 13.3. The minimum atomic E-state index is -0.609. The summed E-state index contributed by atoms with van der Waals surface area (Å²) in [5.74, 6) is -0.341. The molecule has 5 rings (SSSR count). The third-order valence-electron chi connectivity index (χ3n) is 5.43. The van der Waals surface area contributed by atoms with E-state index in [-0.39, 0.29) is 17.2 Å². The maximum Gasteiger partial charge on any atom is 0.336 e. The second-order valence-corrected chi connectivity index (χ2v) is 9.51. The minimum absolute atomic E-state index is 0.107. The standard InChI is InChI=1S/C22H18N2O4S/c1-22(2)18(24-20(27)14-5-3-4-6-15(14)21(24)29-22)19(26)23-13-8-9-16-12(11-13)7-10-17(25)28-16/h3-11,18,21H,1-2H3,(H,23,26)/t18-,21?/m1/s1. The van der Waals surface area contributed by atoms with Crippen LogP contribution in [-0.2, 0) is 4.79 Å². The molecule has 2 aromatic carbocycles. The number of amides is 2. The van der Waals surface area contributed by atoms with Crippen LogP contribution in [0.25, 0.3) is 11.0 Å². The predicted molar refractivity (Wildman–Crippen MR) is 112 cm³/mol. The summed E-state index contributed by atoms with van der Waals surface area (Å²) >= 11 is 1.63. The van der Waals surface area contributed by atoms with E-state index in [0.29, 0.717) is 22.2 Å². The molecule has 0 aliphatic carbocycles. The van der Waals surface area contributed by atoms with E-state index >= 15 is 0 Å². The van der Waals surface area contributed by atoms with E-state index in [9.17, 15) is 14.4 Å². The number of rotatable bonds is 2. The van der Waals surface area contributed by atoms with Crippen molar-refractivity contribution in [3.8, 4) is 0 Å². The Morgan fingerprint density at radius 1 is 1.10 bits per heavy atom. The lowest BCUT2D eigenvalue weighted by Gasteiger charge is -2.29. The SMILES string of the molecule is CC1(C)SC2c3ccccc3C(=O)N2[C@@H]1C(=O)Nc1ccc2oc(=O)ccc2c1. The molecular weight excluding hydrogens is 388 g/mol.